The summed E-state index contributed by atoms with van der Waals surface area (Å²) in [5, 5.41) is 11.7. The molecule has 0 spiro atoms. The minimum absolute atomic E-state index is 0.268. The van der Waals surface area contributed by atoms with Crippen LogP contribution in [0.15, 0.2) is 48.5 Å². The van der Waals surface area contributed by atoms with E-state index in [1.165, 1.54) is 6.07 Å². The molecule has 1 amide bonds. The molecular weight excluding hydrogens is 352 g/mol. The number of carbonyl (C=O) groups excluding carboxylic acids is 1. The number of nitrogens with zero attached hydrogens (tertiary/aromatic N) is 3. The van der Waals surface area contributed by atoms with Crippen LogP contribution >= 0.6 is 0 Å². The average Bonchev–Trinajstić information content (AvgIpc) is 2.59. The van der Waals surface area contributed by atoms with E-state index in [9.17, 15) is 13.2 Å². The molecule has 1 N–H and O–H groups in total. The number of rotatable bonds is 6. The number of benzene rings is 2. The maximum atomic E-state index is 12.3. The van der Waals surface area contributed by atoms with E-state index in [1.807, 2.05) is 37.2 Å². The lowest BCUT2D eigenvalue weighted by molar-refractivity contribution is -0.114. The maximum Gasteiger partial charge on any atom is 0.245 e. The van der Waals surface area contributed by atoms with Crippen molar-refractivity contribution in [3.8, 4) is 6.07 Å². The number of nitriles is 1. The number of carbonyl (C=O) groups is 1. The Morgan fingerprint density at radius 1 is 1.12 bits per heavy atom. The number of hydrogen-bond acceptors (Lipinski definition) is 5. The van der Waals surface area contributed by atoms with Gasteiger partial charge in [0.25, 0.3) is 0 Å². The predicted octanol–water partition coefficient (Wildman–Crippen LogP) is 2.03. The first-order valence-electron chi connectivity index (χ1n) is 7.76. The van der Waals surface area contributed by atoms with Crippen molar-refractivity contribution in [3.63, 3.8) is 0 Å². The van der Waals surface area contributed by atoms with Crippen molar-refractivity contribution < 1.29 is 13.2 Å². The summed E-state index contributed by atoms with van der Waals surface area (Å²) in [6.45, 7) is -0.386. The normalized spacial score (nSPS) is 10.7. The van der Waals surface area contributed by atoms with Gasteiger partial charge in [-0.1, -0.05) is 6.07 Å². The third-order valence-corrected chi connectivity index (χ3v) is 4.76. The van der Waals surface area contributed by atoms with E-state index in [4.69, 9.17) is 5.26 Å². The van der Waals surface area contributed by atoms with E-state index in [2.05, 4.69) is 5.32 Å². The first-order chi connectivity index (χ1) is 12.2. The van der Waals surface area contributed by atoms with Crippen LogP contribution in [0.25, 0.3) is 0 Å². The zero-order valence-electron chi connectivity index (χ0n) is 14.8. The highest BCUT2D eigenvalue weighted by Gasteiger charge is 2.21. The number of amides is 1. The second kappa shape index (κ2) is 7.89. The van der Waals surface area contributed by atoms with Crippen LogP contribution < -0.4 is 14.5 Å². The molecular formula is C18H20N4O3S. The second-order valence-electron chi connectivity index (χ2n) is 5.92. The molecule has 0 saturated carbocycles. The molecule has 0 unspecified atom stereocenters. The van der Waals surface area contributed by atoms with Gasteiger partial charge in [-0.3, -0.25) is 9.10 Å². The van der Waals surface area contributed by atoms with Crippen molar-refractivity contribution in [2.24, 2.45) is 0 Å². The monoisotopic (exact) mass is 372 g/mol. The number of nitrogens with one attached hydrogen (secondary N) is 1. The highest BCUT2D eigenvalue weighted by molar-refractivity contribution is 7.92. The van der Waals surface area contributed by atoms with E-state index in [0.29, 0.717) is 11.3 Å². The van der Waals surface area contributed by atoms with Crippen molar-refractivity contribution in [1.29, 1.82) is 5.26 Å². The summed E-state index contributed by atoms with van der Waals surface area (Å²) < 4.78 is 25.2. The topological polar surface area (TPSA) is 93.5 Å². The van der Waals surface area contributed by atoms with E-state index in [0.717, 1.165) is 16.2 Å². The van der Waals surface area contributed by atoms with Gasteiger partial charge in [0.15, 0.2) is 0 Å². The molecule has 136 valence electrons. The van der Waals surface area contributed by atoms with E-state index in [1.54, 1.807) is 30.3 Å². The lowest BCUT2D eigenvalue weighted by atomic mass is 10.2. The van der Waals surface area contributed by atoms with Gasteiger partial charge in [-0.05, 0) is 42.5 Å². The van der Waals surface area contributed by atoms with Crippen molar-refractivity contribution in [3.05, 3.63) is 54.1 Å². The smallest absolute Gasteiger partial charge is 0.245 e. The lowest BCUT2D eigenvalue weighted by Gasteiger charge is -2.22. The van der Waals surface area contributed by atoms with Crippen LogP contribution in [0.4, 0.5) is 17.1 Å². The molecule has 0 heterocycles. The standard InChI is InChI=1S/C18H20N4O3S/c1-21(2)16-9-7-15(8-10-16)20-18(23)13-22(26(3,24)25)17-6-4-5-14(11-17)12-19/h4-11H,13H2,1-3H3,(H,20,23). The van der Waals surface area contributed by atoms with Crippen LogP contribution in [0.5, 0.6) is 0 Å². The molecule has 0 fully saturated rings. The zero-order chi connectivity index (χ0) is 19.3. The molecule has 0 aliphatic rings. The van der Waals surface area contributed by atoms with Crippen molar-refractivity contribution >= 4 is 33.0 Å². The van der Waals surface area contributed by atoms with Crippen molar-refractivity contribution in [2.75, 3.05) is 41.4 Å². The Kier molecular flexibility index (Phi) is 5.85. The maximum absolute atomic E-state index is 12.3. The summed E-state index contributed by atoms with van der Waals surface area (Å²) >= 11 is 0. The molecule has 2 rings (SSSR count). The third kappa shape index (κ3) is 4.97. The van der Waals surface area contributed by atoms with Gasteiger partial charge in [-0.25, -0.2) is 8.42 Å². The third-order valence-electron chi connectivity index (χ3n) is 3.62. The van der Waals surface area contributed by atoms with Crippen LogP contribution in [-0.2, 0) is 14.8 Å². The molecule has 0 radical (unpaired) electrons. The van der Waals surface area contributed by atoms with E-state index in [-0.39, 0.29) is 12.2 Å². The second-order valence-corrected chi connectivity index (χ2v) is 7.83. The minimum atomic E-state index is -3.69. The number of hydrogen-bond donors (Lipinski definition) is 1. The van der Waals surface area contributed by atoms with Gasteiger partial charge in [0, 0.05) is 25.5 Å². The molecule has 26 heavy (non-hydrogen) atoms. The summed E-state index contributed by atoms with van der Waals surface area (Å²) in [5.74, 6) is -0.476. The summed E-state index contributed by atoms with van der Waals surface area (Å²) in [6, 6.07) is 15.3. The largest absolute Gasteiger partial charge is 0.378 e. The van der Waals surface area contributed by atoms with Gasteiger partial charge in [0.1, 0.15) is 6.54 Å². The molecule has 0 bridgehead atoms. The molecule has 2 aromatic carbocycles. The fourth-order valence-electron chi connectivity index (χ4n) is 2.30. The Hall–Kier alpha value is -3.05. The van der Waals surface area contributed by atoms with Gasteiger partial charge >= 0.3 is 0 Å². The Labute approximate surface area is 153 Å². The highest BCUT2D eigenvalue weighted by Crippen LogP contribution is 2.20. The Morgan fingerprint density at radius 3 is 2.31 bits per heavy atom. The van der Waals surface area contributed by atoms with E-state index >= 15 is 0 Å². The lowest BCUT2D eigenvalue weighted by Crippen LogP contribution is -2.37. The summed E-state index contributed by atoms with van der Waals surface area (Å²) in [7, 11) is 0.127. The van der Waals surface area contributed by atoms with Crippen molar-refractivity contribution in [1.82, 2.24) is 0 Å². The Bertz CT molecular complexity index is 932. The molecule has 7 nitrogen and oxygen atoms in total. The fourth-order valence-corrected chi connectivity index (χ4v) is 3.15. The molecule has 0 aliphatic heterocycles. The number of anilines is 3. The molecule has 0 atom stereocenters. The van der Waals surface area contributed by atoms with E-state index < -0.39 is 15.9 Å². The quantitative estimate of drug-likeness (QED) is 0.837. The summed E-state index contributed by atoms with van der Waals surface area (Å²) in [4.78, 5) is 14.3. The van der Waals surface area contributed by atoms with Gasteiger partial charge in [-0.2, -0.15) is 5.26 Å². The fraction of sp³-hybridized carbons (Fsp3) is 0.222. The van der Waals surface area contributed by atoms with Gasteiger partial charge in [0.2, 0.25) is 15.9 Å². The van der Waals surface area contributed by atoms with Crippen LogP contribution in [0.1, 0.15) is 5.56 Å². The molecule has 0 aliphatic carbocycles. The molecule has 8 heteroatoms. The minimum Gasteiger partial charge on any atom is -0.378 e. The van der Waals surface area contributed by atoms with Crippen LogP contribution in [0, 0.1) is 11.3 Å². The Balaban J connectivity index is 2.18. The summed E-state index contributed by atoms with van der Waals surface area (Å²) in [5.41, 5.74) is 2.13. The van der Waals surface area contributed by atoms with Gasteiger partial charge in [0.05, 0.1) is 23.6 Å². The van der Waals surface area contributed by atoms with Crippen LogP contribution in [0.2, 0.25) is 0 Å². The molecule has 0 aromatic heterocycles. The van der Waals surface area contributed by atoms with Crippen LogP contribution in [0.3, 0.4) is 0 Å². The zero-order valence-corrected chi connectivity index (χ0v) is 15.6. The molecule has 2 aromatic rings. The SMILES string of the molecule is CN(C)c1ccc(NC(=O)CN(c2cccc(C#N)c2)S(C)(=O)=O)cc1. The van der Waals surface area contributed by atoms with Gasteiger partial charge < -0.3 is 10.2 Å². The Morgan fingerprint density at radius 2 is 1.77 bits per heavy atom. The summed E-state index contributed by atoms with van der Waals surface area (Å²) in [6.07, 6.45) is 1.02. The first kappa shape index (κ1) is 19.3. The first-order valence-corrected chi connectivity index (χ1v) is 9.60. The molecule has 0 saturated heterocycles. The van der Waals surface area contributed by atoms with Gasteiger partial charge in [-0.15, -0.1) is 0 Å². The highest BCUT2D eigenvalue weighted by atomic mass is 32.2. The number of sulfonamides is 1. The average molecular weight is 372 g/mol. The van der Waals surface area contributed by atoms with Crippen molar-refractivity contribution in [2.45, 2.75) is 0 Å². The predicted molar refractivity (Wildman–Crippen MR) is 103 cm³/mol. The van der Waals surface area contributed by atoms with Crippen LogP contribution in [-0.4, -0.2) is 41.2 Å².